The number of rotatable bonds is 51. The Morgan fingerprint density at radius 1 is 0.486 bits per heavy atom. The zero-order chi connectivity index (χ0) is 52.2. The molecule has 0 bridgehead atoms. The Balaban J connectivity index is 1.96. The first-order valence-corrected chi connectivity index (χ1v) is 30.2. The molecule has 1 saturated heterocycles. The van der Waals surface area contributed by atoms with E-state index in [-0.39, 0.29) is 12.5 Å². The van der Waals surface area contributed by atoms with Crippen LogP contribution in [0.2, 0.25) is 0 Å². The van der Waals surface area contributed by atoms with Crippen molar-refractivity contribution in [2.45, 2.75) is 307 Å². The molecular weight excluding hydrogens is 899 g/mol. The molecule has 7 atom stereocenters. The molecule has 0 aromatic carbocycles. The first-order chi connectivity index (χ1) is 35.3. The van der Waals surface area contributed by atoms with Crippen LogP contribution < -0.4 is 5.32 Å². The molecule has 0 saturated carbocycles. The molecule has 1 heterocycles. The smallest absolute Gasteiger partial charge is 0.220 e. The number of aliphatic hydroxyl groups excluding tert-OH is 5. The highest BCUT2D eigenvalue weighted by Gasteiger charge is 2.44. The van der Waals surface area contributed by atoms with E-state index in [0.717, 1.165) is 70.6 Å². The van der Waals surface area contributed by atoms with Crippen molar-refractivity contribution in [3.8, 4) is 0 Å². The van der Waals surface area contributed by atoms with Gasteiger partial charge in [-0.1, -0.05) is 267 Å². The number of hydrogen-bond donors (Lipinski definition) is 6. The molecule has 72 heavy (non-hydrogen) atoms. The Kier molecular flexibility index (Phi) is 48.9. The topological polar surface area (TPSA) is 149 Å². The van der Waals surface area contributed by atoms with Crippen LogP contribution in [0, 0.1) is 0 Å². The molecular formula is C63H113NO8. The number of aliphatic hydroxyl groups is 5. The molecule has 0 aromatic heterocycles. The highest BCUT2D eigenvalue weighted by molar-refractivity contribution is 5.76. The van der Waals surface area contributed by atoms with E-state index in [4.69, 9.17) is 9.47 Å². The first-order valence-electron chi connectivity index (χ1n) is 30.2. The van der Waals surface area contributed by atoms with E-state index >= 15 is 0 Å². The predicted molar refractivity (Wildman–Crippen MR) is 304 cm³/mol. The summed E-state index contributed by atoms with van der Waals surface area (Å²) >= 11 is 0. The maximum Gasteiger partial charge on any atom is 0.220 e. The second-order valence-electron chi connectivity index (χ2n) is 20.8. The summed E-state index contributed by atoms with van der Waals surface area (Å²) in [5.41, 5.74) is 0. The molecule has 0 radical (unpaired) electrons. The van der Waals surface area contributed by atoms with Crippen LogP contribution in [0.25, 0.3) is 0 Å². The summed E-state index contributed by atoms with van der Waals surface area (Å²) < 4.78 is 11.2. The van der Waals surface area contributed by atoms with Gasteiger partial charge in [-0.25, -0.2) is 0 Å². The molecule has 9 heteroatoms. The van der Waals surface area contributed by atoms with E-state index in [1.165, 1.54) is 173 Å². The fraction of sp³-hybridized carbons (Fsp3) is 0.794. The lowest BCUT2D eigenvalue weighted by Crippen LogP contribution is -2.60. The number of amides is 1. The number of carbonyl (C=O) groups is 1. The Morgan fingerprint density at radius 3 is 1.33 bits per heavy atom. The van der Waals surface area contributed by atoms with Gasteiger partial charge in [0, 0.05) is 6.42 Å². The van der Waals surface area contributed by atoms with Gasteiger partial charge >= 0.3 is 0 Å². The third-order valence-corrected chi connectivity index (χ3v) is 14.0. The number of carbonyl (C=O) groups excluding carboxylic acids is 1. The normalized spacial score (nSPS) is 19.7. The Morgan fingerprint density at radius 2 is 0.875 bits per heavy atom. The second-order valence-corrected chi connectivity index (χ2v) is 20.8. The lowest BCUT2D eigenvalue weighted by atomic mass is 9.99. The number of hydrogen-bond acceptors (Lipinski definition) is 8. The average molecular weight is 1010 g/mol. The Hall–Kier alpha value is -2.37. The van der Waals surface area contributed by atoms with Crippen LogP contribution in [-0.2, 0) is 14.3 Å². The molecule has 0 aliphatic carbocycles. The van der Waals surface area contributed by atoms with Gasteiger partial charge in [0.25, 0.3) is 0 Å². The maximum atomic E-state index is 13.0. The third kappa shape index (κ3) is 40.9. The van der Waals surface area contributed by atoms with Crippen molar-refractivity contribution in [2.24, 2.45) is 0 Å². The van der Waals surface area contributed by atoms with Gasteiger partial charge in [-0.3, -0.25) is 4.79 Å². The van der Waals surface area contributed by atoms with Crippen molar-refractivity contribution in [3.05, 3.63) is 72.9 Å². The van der Waals surface area contributed by atoms with Crippen LogP contribution in [0.4, 0.5) is 0 Å². The fourth-order valence-corrected chi connectivity index (χ4v) is 9.27. The number of unbranched alkanes of at least 4 members (excludes halogenated alkanes) is 31. The van der Waals surface area contributed by atoms with Crippen LogP contribution in [0.1, 0.15) is 264 Å². The lowest BCUT2D eigenvalue weighted by molar-refractivity contribution is -0.302. The summed E-state index contributed by atoms with van der Waals surface area (Å²) in [6, 6.07) is -0.819. The van der Waals surface area contributed by atoms with Gasteiger partial charge in [0.1, 0.15) is 24.4 Å². The van der Waals surface area contributed by atoms with Crippen molar-refractivity contribution in [1.82, 2.24) is 5.32 Å². The minimum Gasteiger partial charge on any atom is -0.394 e. The largest absolute Gasteiger partial charge is 0.394 e. The van der Waals surface area contributed by atoms with Crippen LogP contribution >= 0.6 is 0 Å². The van der Waals surface area contributed by atoms with E-state index in [9.17, 15) is 30.3 Å². The standard InChI is InChI=1S/C63H113NO8/c1-3-5-7-9-11-13-14-15-16-17-18-19-20-21-22-23-24-25-26-27-28-29-30-31-32-33-34-35-36-37-38-39-40-41-42-43-44-45-47-49-51-53-59(67)64-56(57(66)52-50-48-46-12-10-8-6-4-2)55-71-63-62(70)61(69)60(68)58(54-65)72-63/h5,7,10-13,15-16,18-19,50,52,56-58,60-63,65-66,68-70H,3-4,6,8-9,14,17,20-49,51,53-55H2,1-2H3,(H,64,67)/b7-5-,12-10+,13-11-,16-15-,19-18-,52-50+. The molecule has 1 fully saturated rings. The summed E-state index contributed by atoms with van der Waals surface area (Å²) in [7, 11) is 0. The molecule has 0 spiro atoms. The quantitative estimate of drug-likeness (QED) is 0.0261. The molecule has 6 N–H and O–H groups in total. The first kappa shape index (κ1) is 67.6. The van der Waals surface area contributed by atoms with Crippen molar-refractivity contribution >= 4 is 5.91 Å². The maximum absolute atomic E-state index is 13.0. The van der Waals surface area contributed by atoms with E-state index in [1.807, 2.05) is 6.08 Å². The van der Waals surface area contributed by atoms with Gasteiger partial charge in [0.05, 0.1) is 25.4 Å². The monoisotopic (exact) mass is 1010 g/mol. The number of nitrogens with one attached hydrogen (secondary N) is 1. The summed E-state index contributed by atoms with van der Waals surface area (Å²) in [6.07, 6.45) is 66.2. The van der Waals surface area contributed by atoms with E-state index in [1.54, 1.807) is 6.08 Å². The molecule has 1 aliphatic heterocycles. The lowest BCUT2D eigenvalue weighted by Gasteiger charge is -2.40. The highest BCUT2D eigenvalue weighted by atomic mass is 16.7. The zero-order valence-electron chi connectivity index (χ0n) is 46.4. The third-order valence-electron chi connectivity index (χ3n) is 14.0. The molecule has 418 valence electrons. The zero-order valence-corrected chi connectivity index (χ0v) is 46.4. The molecule has 7 unspecified atom stereocenters. The second kappa shape index (κ2) is 52.1. The minimum absolute atomic E-state index is 0.188. The average Bonchev–Trinajstić information content (AvgIpc) is 3.38. The van der Waals surface area contributed by atoms with Gasteiger partial charge < -0.3 is 40.3 Å². The van der Waals surface area contributed by atoms with Crippen molar-refractivity contribution in [3.63, 3.8) is 0 Å². The van der Waals surface area contributed by atoms with Gasteiger partial charge in [0.15, 0.2) is 6.29 Å². The summed E-state index contributed by atoms with van der Waals surface area (Å²) in [6.45, 7) is 3.57. The van der Waals surface area contributed by atoms with E-state index in [0.29, 0.717) is 6.42 Å². The number of ether oxygens (including phenoxy) is 2. The number of allylic oxidation sites excluding steroid dienone is 11. The van der Waals surface area contributed by atoms with Crippen LogP contribution in [0.3, 0.4) is 0 Å². The van der Waals surface area contributed by atoms with Gasteiger partial charge in [0.2, 0.25) is 5.91 Å². The van der Waals surface area contributed by atoms with Crippen molar-refractivity contribution < 1.29 is 39.8 Å². The van der Waals surface area contributed by atoms with E-state index < -0.39 is 49.5 Å². The summed E-state index contributed by atoms with van der Waals surface area (Å²) in [4.78, 5) is 13.0. The van der Waals surface area contributed by atoms with Gasteiger partial charge in [-0.05, 0) is 64.2 Å². The molecule has 0 aromatic rings. The van der Waals surface area contributed by atoms with E-state index in [2.05, 4.69) is 79.9 Å². The molecule has 1 amide bonds. The predicted octanol–water partition coefficient (Wildman–Crippen LogP) is 15.2. The SMILES string of the molecule is CC/C=C\C/C=C\C/C=C\C/C=C\CCCCCCCCCCCCCCCCCCCCCCCCCCCCCCC(=O)NC(COC1OC(CO)C(O)C(O)C1O)C(O)/C=C/CC/C=C/CCCC. The Bertz CT molecular complexity index is 1360. The van der Waals surface area contributed by atoms with Gasteiger partial charge in [-0.2, -0.15) is 0 Å². The molecule has 1 rings (SSSR count). The fourth-order valence-electron chi connectivity index (χ4n) is 9.27. The minimum atomic E-state index is -1.57. The van der Waals surface area contributed by atoms with Crippen molar-refractivity contribution in [1.29, 1.82) is 0 Å². The van der Waals surface area contributed by atoms with Crippen molar-refractivity contribution in [2.75, 3.05) is 13.2 Å². The Labute approximate surface area is 442 Å². The summed E-state index contributed by atoms with van der Waals surface area (Å²) in [5, 5.41) is 54.1. The summed E-state index contributed by atoms with van der Waals surface area (Å²) in [5.74, 6) is -0.188. The molecule has 1 aliphatic rings. The van der Waals surface area contributed by atoms with Gasteiger partial charge in [-0.15, -0.1) is 0 Å². The van der Waals surface area contributed by atoms with Crippen LogP contribution in [0.5, 0.6) is 0 Å². The van der Waals surface area contributed by atoms with Crippen LogP contribution in [0.15, 0.2) is 72.9 Å². The van der Waals surface area contributed by atoms with Crippen LogP contribution in [-0.4, -0.2) is 87.5 Å². The molecule has 9 nitrogen and oxygen atoms in total. The highest BCUT2D eigenvalue weighted by Crippen LogP contribution is 2.23.